The van der Waals surface area contributed by atoms with Crippen molar-refractivity contribution in [3.8, 4) is 0 Å². The molecule has 1 unspecified atom stereocenters. The van der Waals surface area contributed by atoms with E-state index < -0.39 is 23.3 Å². The number of fused-ring (bicyclic) bond motifs is 1. The quantitative estimate of drug-likeness (QED) is 0.722. The third-order valence-electron chi connectivity index (χ3n) is 4.93. The average molecular weight is 360 g/mol. The Labute approximate surface area is 151 Å². The summed E-state index contributed by atoms with van der Waals surface area (Å²) in [7, 11) is 0. The van der Waals surface area contributed by atoms with Gasteiger partial charge in [-0.1, -0.05) is 13.8 Å². The van der Waals surface area contributed by atoms with Crippen molar-refractivity contribution in [2.24, 2.45) is 11.7 Å². The molecule has 1 heterocycles. The van der Waals surface area contributed by atoms with Crippen LogP contribution in [0.25, 0.3) is 11.0 Å². The maximum Gasteiger partial charge on any atom is 0.336 e. The van der Waals surface area contributed by atoms with Crippen molar-refractivity contribution < 1.29 is 19.5 Å². The molecule has 0 aliphatic carbocycles. The summed E-state index contributed by atoms with van der Waals surface area (Å²) in [4.78, 5) is 40.9. The van der Waals surface area contributed by atoms with E-state index in [9.17, 15) is 19.5 Å². The van der Waals surface area contributed by atoms with E-state index in [0.29, 0.717) is 17.9 Å². The largest absolute Gasteiger partial charge is 0.478 e. The van der Waals surface area contributed by atoms with Gasteiger partial charge in [0.1, 0.15) is 16.9 Å². The number of carboxylic acids is 1. The van der Waals surface area contributed by atoms with Crippen molar-refractivity contribution in [1.29, 1.82) is 0 Å². The molecule has 0 aliphatic heterocycles. The van der Waals surface area contributed by atoms with E-state index in [-0.39, 0.29) is 22.6 Å². The third kappa shape index (κ3) is 3.02. The minimum absolute atomic E-state index is 0.0709. The zero-order chi connectivity index (χ0) is 19.8. The predicted molar refractivity (Wildman–Crippen MR) is 97.0 cm³/mol. The minimum atomic E-state index is -1.32. The Morgan fingerprint density at radius 3 is 2.42 bits per heavy atom. The highest BCUT2D eigenvalue weighted by molar-refractivity contribution is 6.13. The number of aromatic carboxylic acids is 1. The summed E-state index contributed by atoms with van der Waals surface area (Å²) in [6.07, 6.45) is 0. The fourth-order valence-electron chi connectivity index (χ4n) is 2.90. The summed E-state index contributed by atoms with van der Waals surface area (Å²) in [5.74, 6) is -2.25. The molecule has 2 rings (SSSR count). The van der Waals surface area contributed by atoms with Gasteiger partial charge in [-0.25, -0.2) is 9.78 Å². The number of aromatic nitrogens is 2. The average Bonchev–Trinajstić information content (AvgIpc) is 2.87. The summed E-state index contributed by atoms with van der Waals surface area (Å²) in [6.45, 7) is 9.36. The van der Waals surface area contributed by atoms with E-state index in [1.54, 1.807) is 26.8 Å². The molecule has 0 spiro atoms. The number of amides is 2. The highest BCUT2D eigenvalue weighted by Gasteiger charge is 2.38. The molecule has 1 aromatic carbocycles. The summed E-state index contributed by atoms with van der Waals surface area (Å²) in [6, 6.07) is 3.01. The molecule has 1 atom stereocenters. The van der Waals surface area contributed by atoms with Gasteiger partial charge in [0.2, 0.25) is 5.91 Å². The second-order valence-corrected chi connectivity index (χ2v) is 6.74. The lowest BCUT2D eigenvalue weighted by atomic mass is 9.87. The van der Waals surface area contributed by atoms with Crippen LogP contribution in [0.5, 0.6) is 0 Å². The van der Waals surface area contributed by atoms with Crippen molar-refractivity contribution in [2.75, 3.05) is 0 Å². The molecule has 2 amide bonds. The molecule has 0 saturated heterocycles. The number of nitrogens with two attached hydrogens (primary N) is 1. The van der Waals surface area contributed by atoms with Crippen LogP contribution in [-0.4, -0.2) is 38.0 Å². The standard InChI is InChI=1S/C18H24N4O4/c1-6-22-10(4)20-14-12(22)8-7-11(16(24)25)13(14)15(23)21-18(5,9(2)3)17(19)26/h7-9H,6H2,1-5H3,(H2,19,26)(H,21,23)(H,24,25). The molecule has 0 radical (unpaired) electrons. The molecule has 0 bridgehead atoms. The van der Waals surface area contributed by atoms with Crippen LogP contribution >= 0.6 is 0 Å². The van der Waals surface area contributed by atoms with Crippen LogP contribution in [0.1, 0.15) is 54.2 Å². The molecule has 26 heavy (non-hydrogen) atoms. The Kier molecular flexibility index (Phi) is 5.06. The van der Waals surface area contributed by atoms with E-state index in [2.05, 4.69) is 10.3 Å². The zero-order valence-corrected chi connectivity index (χ0v) is 15.6. The topological polar surface area (TPSA) is 127 Å². The number of nitrogens with zero attached hydrogens (tertiary/aromatic N) is 2. The van der Waals surface area contributed by atoms with Crippen molar-refractivity contribution in [3.05, 3.63) is 29.1 Å². The van der Waals surface area contributed by atoms with Crippen LogP contribution in [0, 0.1) is 12.8 Å². The Hall–Kier alpha value is -2.90. The first-order chi connectivity index (χ1) is 12.0. The third-order valence-corrected chi connectivity index (χ3v) is 4.93. The highest BCUT2D eigenvalue weighted by Crippen LogP contribution is 2.25. The van der Waals surface area contributed by atoms with Crippen molar-refractivity contribution in [3.63, 3.8) is 0 Å². The fourth-order valence-corrected chi connectivity index (χ4v) is 2.90. The Bertz CT molecular complexity index is 900. The van der Waals surface area contributed by atoms with Crippen molar-refractivity contribution in [2.45, 2.75) is 46.7 Å². The molecule has 0 aliphatic rings. The fraction of sp³-hybridized carbons (Fsp3) is 0.444. The first kappa shape index (κ1) is 19.4. The Morgan fingerprint density at radius 2 is 1.96 bits per heavy atom. The first-order valence-electron chi connectivity index (χ1n) is 8.40. The maximum atomic E-state index is 13.0. The molecular formula is C18H24N4O4. The second kappa shape index (κ2) is 6.78. The number of rotatable bonds is 6. The van der Waals surface area contributed by atoms with E-state index >= 15 is 0 Å². The summed E-state index contributed by atoms with van der Waals surface area (Å²) >= 11 is 0. The molecule has 4 N–H and O–H groups in total. The number of primary amides is 1. The number of aryl methyl sites for hydroxylation is 2. The normalized spacial score (nSPS) is 13.6. The molecule has 2 aromatic rings. The van der Waals surface area contributed by atoms with Gasteiger partial charge in [-0.2, -0.15) is 0 Å². The van der Waals surface area contributed by atoms with E-state index in [0.717, 1.165) is 0 Å². The summed E-state index contributed by atoms with van der Waals surface area (Å²) < 4.78 is 1.88. The van der Waals surface area contributed by atoms with Gasteiger partial charge in [0.05, 0.1) is 16.6 Å². The van der Waals surface area contributed by atoms with Gasteiger partial charge >= 0.3 is 5.97 Å². The van der Waals surface area contributed by atoms with Gasteiger partial charge < -0.3 is 20.7 Å². The molecule has 8 heteroatoms. The lowest BCUT2D eigenvalue weighted by Gasteiger charge is -2.31. The molecule has 140 valence electrons. The van der Waals surface area contributed by atoms with Gasteiger partial charge in [0.25, 0.3) is 5.91 Å². The minimum Gasteiger partial charge on any atom is -0.478 e. The predicted octanol–water partition coefficient (Wildman–Crippen LogP) is 1.69. The van der Waals surface area contributed by atoms with E-state index in [4.69, 9.17) is 5.73 Å². The molecular weight excluding hydrogens is 336 g/mol. The Balaban J connectivity index is 2.70. The highest BCUT2D eigenvalue weighted by atomic mass is 16.4. The SMILES string of the molecule is CCn1c(C)nc2c(C(=O)NC(C)(C(N)=O)C(C)C)c(C(=O)O)ccc21. The van der Waals surface area contributed by atoms with Gasteiger partial charge in [0, 0.05) is 6.54 Å². The van der Waals surface area contributed by atoms with Crippen LogP contribution in [-0.2, 0) is 11.3 Å². The Morgan fingerprint density at radius 1 is 1.35 bits per heavy atom. The van der Waals surface area contributed by atoms with Gasteiger partial charge in [-0.3, -0.25) is 9.59 Å². The van der Waals surface area contributed by atoms with Gasteiger partial charge in [-0.05, 0) is 38.8 Å². The number of benzene rings is 1. The monoisotopic (exact) mass is 360 g/mol. The first-order valence-corrected chi connectivity index (χ1v) is 8.40. The number of carboxylic acid groups (broad SMARTS) is 1. The smallest absolute Gasteiger partial charge is 0.336 e. The van der Waals surface area contributed by atoms with Crippen LogP contribution in [0.2, 0.25) is 0 Å². The second-order valence-electron chi connectivity index (χ2n) is 6.74. The van der Waals surface area contributed by atoms with Crippen LogP contribution < -0.4 is 11.1 Å². The molecule has 8 nitrogen and oxygen atoms in total. The number of nitrogens with one attached hydrogen (secondary N) is 1. The summed E-state index contributed by atoms with van der Waals surface area (Å²) in [5.41, 5.74) is 4.85. The van der Waals surface area contributed by atoms with Crippen molar-refractivity contribution >= 4 is 28.8 Å². The van der Waals surface area contributed by atoms with Crippen molar-refractivity contribution in [1.82, 2.24) is 14.9 Å². The summed E-state index contributed by atoms with van der Waals surface area (Å²) in [5, 5.41) is 12.1. The van der Waals surface area contributed by atoms with Gasteiger partial charge in [-0.15, -0.1) is 0 Å². The van der Waals surface area contributed by atoms with Crippen LogP contribution in [0.15, 0.2) is 12.1 Å². The maximum absolute atomic E-state index is 13.0. The number of carbonyl (C=O) groups is 3. The number of hydrogen-bond donors (Lipinski definition) is 3. The lowest BCUT2D eigenvalue weighted by molar-refractivity contribution is -0.125. The number of hydrogen-bond acceptors (Lipinski definition) is 4. The van der Waals surface area contributed by atoms with Crippen LogP contribution in [0.3, 0.4) is 0 Å². The molecule has 0 saturated carbocycles. The van der Waals surface area contributed by atoms with E-state index in [1.165, 1.54) is 13.0 Å². The van der Waals surface area contributed by atoms with Gasteiger partial charge in [0.15, 0.2) is 0 Å². The molecule has 0 fully saturated rings. The lowest BCUT2D eigenvalue weighted by Crippen LogP contribution is -2.58. The molecule has 1 aromatic heterocycles. The number of carbonyl (C=O) groups excluding carboxylic acids is 2. The number of imidazole rings is 1. The zero-order valence-electron chi connectivity index (χ0n) is 15.6. The van der Waals surface area contributed by atoms with E-state index in [1.807, 2.05) is 11.5 Å². The van der Waals surface area contributed by atoms with Crippen LogP contribution in [0.4, 0.5) is 0 Å².